The predicted molar refractivity (Wildman–Crippen MR) is 70.2 cm³/mol. The lowest BCUT2D eigenvalue weighted by atomic mass is 10.2. The van der Waals surface area contributed by atoms with Crippen molar-refractivity contribution in [2.24, 2.45) is 5.84 Å². The van der Waals surface area contributed by atoms with Crippen LogP contribution in [0, 0.1) is 0 Å². The molecule has 4 nitrogen and oxygen atoms in total. The molecule has 0 bridgehead atoms. The molecule has 1 rings (SSSR count). The van der Waals surface area contributed by atoms with Crippen LogP contribution in [-0.2, 0) is 6.54 Å². The minimum absolute atomic E-state index is 0.210. The lowest BCUT2D eigenvalue weighted by Crippen LogP contribution is -2.29. The molecule has 0 fully saturated rings. The minimum Gasteiger partial charge on any atom is -0.272 e. The highest BCUT2D eigenvalue weighted by molar-refractivity contribution is 7.99. The Morgan fingerprint density at radius 1 is 1.50 bits per heavy atom. The van der Waals surface area contributed by atoms with Crippen molar-refractivity contribution in [1.29, 1.82) is 0 Å². The Kier molecular flexibility index (Phi) is 6.52. The highest BCUT2D eigenvalue weighted by Gasteiger charge is 2.11. The van der Waals surface area contributed by atoms with Gasteiger partial charge in [0.2, 0.25) is 0 Å². The fourth-order valence-electron chi connectivity index (χ4n) is 1.50. The molecule has 0 radical (unpaired) electrons. The number of nitrogens with one attached hydrogen (secondary N) is 1. The van der Waals surface area contributed by atoms with E-state index < -0.39 is 0 Å². The van der Waals surface area contributed by atoms with Gasteiger partial charge >= 0.3 is 0 Å². The molecule has 1 atom stereocenters. The highest BCUT2D eigenvalue weighted by atomic mass is 32.2. The average molecular weight is 242 g/mol. The summed E-state index contributed by atoms with van der Waals surface area (Å²) in [5.74, 6) is 7.75. The van der Waals surface area contributed by atoms with Crippen LogP contribution in [0.4, 0.5) is 0 Å². The Balaban J connectivity index is 2.49. The first-order chi connectivity index (χ1) is 7.81. The third-order valence-corrected chi connectivity index (χ3v) is 3.61. The molecule has 1 aromatic rings. The van der Waals surface area contributed by atoms with Crippen LogP contribution in [0.25, 0.3) is 0 Å². The van der Waals surface area contributed by atoms with Crippen LogP contribution in [0.1, 0.15) is 38.3 Å². The molecule has 3 N–H and O–H groups in total. The van der Waals surface area contributed by atoms with Crippen molar-refractivity contribution >= 4 is 11.8 Å². The van der Waals surface area contributed by atoms with Gasteiger partial charge in [0.1, 0.15) is 0 Å². The number of thioether (sulfide) groups is 1. The Morgan fingerprint density at radius 3 is 2.94 bits per heavy atom. The van der Waals surface area contributed by atoms with E-state index in [9.17, 15) is 0 Å². The molecular formula is C11H22N4S. The van der Waals surface area contributed by atoms with Crippen molar-refractivity contribution < 1.29 is 0 Å². The maximum absolute atomic E-state index is 5.57. The van der Waals surface area contributed by atoms with Gasteiger partial charge in [-0.25, -0.2) is 0 Å². The van der Waals surface area contributed by atoms with Crippen LogP contribution in [0.5, 0.6) is 0 Å². The lowest BCUT2D eigenvalue weighted by molar-refractivity contribution is 0.592. The van der Waals surface area contributed by atoms with Crippen LogP contribution in [0.2, 0.25) is 0 Å². The summed E-state index contributed by atoms with van der Waals surface area (Å²) in [6, 6.07) is 0.210. The monoisotopic (exact) mass is 242 g/mol. The summed E-state index contributed by atoms with van der Waals surface area (Å²) < 4.78 is 1.98. The number of nitrogens with zero attached hydrogens (tertiary/aromatic N) is 2. The van der Waals surface area contributed by atoms with Crippen LogP contribution in [-0.4, -0.2) is 21.3 Å². The van der Waals surface area contributed by atoms with Crippen molar-refractivity contribution in [2.75, 3.05) is 11.5 Å². The summed E-state index contributed by atoms with van der Waals surface area (Å²) in [5, 5.41) is 4.31. The van der Waals surface area contributed by atoms with E-state index in [4.69, 9.17) is 5.84 Å². The van der Waals surface area contributed by atoms with Gasteiger partial charge in [-0.05, 0) is 18.6 Å². The molecule has 0 saturated carbocycles. The molecule has 1 heterocycles. The number of hydrogen-bond donors (Lipinski definition) is 2. The molecule has 1 unspecified atom stereocenters. The lowest BCUT2D eigenvalue weighted by Gasteiger charge is -2.13. The molecule has 16 heavy (non-hydrogen) atoms. The van der Waals surface area contributed by atoms with E-state index in [2.05, 4.69) is 30.6 Å². The normalized spacial score (nSPS) is 12.9. The van der Waals surface area contributed by atoms with Gasteiger partial charge in [0.05, 0.1) is 12.2 Å². The number of rotatable bonds is 8. The second kappa shape index (κ2) is 7.70. The molecule has 0 saturated heterocycles. The van der Waals surface area contributed by atoms with Gasteiger partial charge in [-0.3, -0.25) is 16.0 Å². The molecular weight excluding hydrogens is 220 g/mol. The molecule has 5 heteroatoms. The smallest absolute Gasteiger partial charge is 0.0581 e. The third kappa shape index (κ3) is 4.15. The second-order valence-corrected chi connectivity index (χ2v) is 4.98. The van der Waals surface area contributed by atoms with Crippen LogP contribution in [0.3, 0.4) is 0 Å². The minimum atomic E-state index is 0.210. The Hall–Kier alpha value is -0.520. The second-order valence-electron chi connectivity index (χ2n) is 3.83. The summed E-state index contributed by atoms with van der Waals surface area (Å²) in [7, 11) is 0. The summed E-state index contributed by atoms with van der Waals surface area (Å²) in [6.07, 6.45) is 6.30. The van der Waals surface area contributed by atoms with Crippen molar-refractivity contribution in [3.05, 3.63) is 18.0 Å². The molecule has 92 valence electrons. The van der Waals surface area contributed by atoms with E-state index in [0.29, 0.717) is 0 Å². The molecule has 0 aliphatic carbocycles. The SMILES string of the molecule is CCCSCC(NN)c1cnn(CCC)c1. The first-order valence-electron chi connectivity index (χ1n) is 5.88. The zero-order chi connectivity index (χ0) is 11.8. The van der Waals surface area contributed by atoms with E-state index in [1.54, 1.807) is 0 Å². The van der Waals surface area contributed by atoms with Crippen LogP contribution >= 0.6 is 11.8 Å². The van der Waals surface area contributed by atoms with E-state index in [-0.39, 0.29) is 6.04 Å². The highest BCUT2D eigenvalue weighted by Crippen LogP contribution is 2.17. The topological polar surface area (TPSA) is 55.9 Å². The van der Waals surface area contributed by atoms with Gasteiger partial charge in [-0.1, -0.05) is 13.8 Å². The van der Waals surface area contributed by atoms with Crippen molar-refractivity contribution in [3.63, 3.8) is 0 Å². The Labute approximate surface area is 102 Å². The van der Waals surface area contributed by atoms with Gasteiger partial charge in [0.15, 0.2) is 0 Å². The Morgan fingerprint density at radius 2 is 2.31 bits per heavy atom. The zero-order valence-electron chi connectivity index (χ0n) is 10.1. The number of hydrogen-bond acceptors (Lipinski definition) is 4. The van der Waals surface area contributed by atoms with E-state index in [1.807, 2.05) is 22.6 Å². The fourth-order valence-corrected chi connectivity index (χ4v) is 2.48. The summed E-state index contributed by atoms with van der Waals surface area (Å²) >= 11 is 1.92. The summed E-state index contributed by atoms with van der Waals surface area (Å²) in [4.78, 5) is 0. The molecule has 0 aromatic carbocycles. The molecule has 0 aliphatic rings. The van der Waals surface area contributed by atoms with E-state index in [0.717, 1.165) is 18.7 Å². The zero-order valence-corrected chi connectivity index (χ0v) is 11.0. The number of hydrazine groups is 1. The molecule has 1 aromatic heterocycles. The Bertz CT molecular complexity index is 287. The number of aromatic nitrogens is 2. The molecule has 0 amide bonds. The maximum Gasteiger partial charge on any atom is 0.0581 e. The van der Waals surface area contributed by atoms with Gasteiger partial charge in [0, 0.05) is 24.1 Å². The van der Waals surface area contributed by atoms with E-state index >= 15 is 0 Å². The van der Waals surface area contributed by atoms with Crippen molar-refractivity contribution in [2.45, 2.75) is 39.3 Å². The first kappa shape index (κ1) is 13.5. The largest absolute Gasteiger partial charge is 0.272 e. The predicted octanol–water partition coefficient (Wildman–Crippen LogP) is 1.94. The number of aryl methyl sites for hydroxylation is 1. The van der Waals surface area contributed by atoms with Gasteiger partial charge in [-0.2, -0.15) is 16.9 Å². The summed E-state index contributed by atoms with van der Waals surface area (Å²) in [6.45, 7) is 5.31. The van der Waals surface area contributed by atoms with Crippen LogP contribution < -0.4 is 11.3 Å². The van der Waals surface area contributed by atoms with E-state index in [1.165, 1.54) is 17.7 Å². The molecule has 0 aliphatic heterocycles. The first-order valence-corrected chi connectivity index (χ1v) is 7.03. The standard InChI is InChI=1S/C11H22N4S/c1-3-5-15-8-10(7-13-15)11(14-12)9-16-6-4-2/h7-8,11,14H,3-6,9,12H2,1-2H3. The van der Waals surface area contributed by atoms with Gasteiger partial charge in [-0.15, -0.1) is 0 Å². The molecule has 0 spiro atoms. The van der Waals surface area contributed by atoms with Crippen molar-refractivity contribution in [3.8, 4) is 0 Å². The quantitative estimate of drug-likeness (QED) is 0.415. The number of nitrogens with two attached hydrogens (primary N) is 1. The maximum atomic E-state index is 5.57. The van der Waals surface area contributed by atoms with Gasteiger partial charge in [0.25, 0.3) is 0 Å². The van der Waals surface area contributed by atoms with Crippen LogP contribution in [0.15, 0.2) is 12.4 Å². The summed E-state index contributed by atoms with van der Waals surface area (Å²) in [5.41, 5.74) is 4.04. The average Bonchev–Trinajstić information content (AvgIpc) is 2.74. The van der Waals surface area contributed by atoms with Gasteiger partial charge < -0.3 is 0 Å². The fraction of sp³-hybridized carbons (Fsp3) is 0.727. The van der Waals surface area contributed by atoms with Crippen molar-refractivity contribution in [1.82, 2.24) is 15.2 Å². The third-order valence-electron chi connectivity index (χ3n) is 2.34.